The Balaban J connectivity index is 2.71. The van der Waals surface area contributed by atoms with E-state index < -0.39 is 74.2 Å². The highest BCUT2D eigenvalue weighted by Crippen LogP contribution is 2.23. The Morgan fingerprint density at radius 2 is 1.37 bits per heavy atom. The van der Waals surface area contributed by atoms with Crippen LogP contribution in [0.3, 0.4) is 0 Å². The standard InChI is InChI=1S/C32H61NO10/c1-3-5-7-9-11-13-15-17-19-24(35)27(37)23(22-42-32-30(40)29(39)28(38)26(21-34)43-32)33-31(41)25(36)20-18-16-14-12-10-8-6-4-2/h14,16,23-30,32,34-40H,3-13,15,17-22H2,1-2H3,(H,33,41)/b16-14-. The predicted octanol–water partition coefficient (Wildman–Crippen LogP) is 2.21. The molecule has 8 N–H and O–H groups in total. The summed E-state index contributed by atoms with van der Waals surface area (Å²) >= 11 is 0. The van der Waals surface area contributed by atoms with Crippen LogP contribution < -0.4 is 5.32 Å². The number of hydrogen-bond acceptors (Lipinski definition) is 10. The van der Waals surface area contributed by atoms with Gasteiger partial charge in [-0.15, -0.1) is 0 Å². The van der Waals surface area contributed by atoms with E-state index in [1.165, 1.54) is 44.9 Å². The Morgan fingerprint density at radius 1 is 0.791 bits per heavy atom. The van der Waals surface area contributed by atoms with Crippen LogP contribution in [0.15, 0.2) is 12.2 Å². The topological polar surface area (TPSA) is 189 Å². The molecule has 254 valence electrons. The number of aliphatic hydroxyl groups is 7. The molecule has 0 bridgehead atoms. The van der Waals surface area contributed by atoms with E-state index in [-0.39, 0.29) is 6.42 Å². The van der Waals surface area contributed by atoms with Gasteiger partial charge in [0.05, 0.1) is 25.4 Å². The normalized spacial score (nSPS) is 25.5. The van der Waals surface area contributed by atoms with Gasteiger partial charge in [-0.25, -0.2) is 0 Å². The summed E-state index contributed by atoms with van der Waals surface area (Å²) in [5.41, 5.74) is 0. The van der Waals surface area contributed by atoms with Crippen LogP contribution in [0, 0.1) is 0 Å². The molecular weight excluding hydrogens is 558 g/mol. The van der Waals surface area contributed by atoms with Crippen LogP contribution in [0.25, 0.3) is 0 Å². The maximum atomic E-state index is 12.8. The molecule has 1 fully saturated rings. The summed E-state index contributed by atoms with van der Waals surface area (Å²) in [6, 6.07) is -1.17. The van der Waals surface area contributed by atoms with Gasteiger partial charge < -0.3 is 50.5 Å². The van der Waals surface area contributed by atoms with Gasteiger partial charge in [-0.05, 0) is 32.1 Å². The lowest BCUT2D eigenvalue weighted by molar-refractivity contribution is -0.303. The Bertz CT molecular complexity index is 724. The minimum absolute atomic E-state index is 0.175. The molecule has 1 aliphatic rings. The second-order valence-corrected chi connectivity index (χ2v) is 11.9. The second-order valence-electron chi connectivity index (χ2n) is 11.9. The third kappa shape index (κ3) is 16.1. The maximum absolute atomic E-state index is 12.8. The van der Waals surface area contributed by atoms with Crippen molar-refractivity contribution in [2.75, 3.05) is 13.2 Å². The minimum Gasteiger partial charge on any atom is -0.394 e. The fourth-order valence-electron chi connectivity index (χ4n) is 5.14. The van der Waals surface area contributed by atoms with Crippen molar-refractivity contribution in [2.24, 2.45) is 0 Å². The number of hydrogen-bond donors (Lipinski definition) is 8. The van der Waals surface area contributed by atoms with Crippen molar-refractivity contribution in [2.45, 2.75) is 172 Å². The average Bonchev–Trinajstić information content (AvgIpc) is 3.00. The molecular formula is C32H61NO10. The molecule has 1 heterocycles. The smallest absolute Gasteiger partial charge is 0.249 e. The molecule has 0 aliphatic carbocycles. The number of unbranched alkanes of at least 4 members (excludes halogenated alkanes) is 11. The zero-order valence-corrected chi connectivity index (χ0v) is 26.4. The molecule has 1 aliphatic heterocycles. The van der Waals surface area contributed by atoms with Crippen molar-refractivity contribution in [3.63, 3.8) is 0 Å². The summed E-state index contributed by atoms with van der Waals surface area (Å²) in [4.78, 5) is 12.8. The lowest BCUT2D eigenvalue weighted by Gasteiger charge is -2.40. The molecule has 1 amide bonds. The monoisotopic (exact) mass is 619 g/mol. The zero-order chi connectivity index (χ0) is 32.0. The first kappa shape index (κ1) is 39.9. The molecule has 0 aromatic carbocycles. The van der Waals surface area contributed by atoms with Gasteiger partial charge >= 0.3 is 0 Å². The fraction of sp³-hybridized carbons (Fsp3) is 0.906. The lowest BCUT2D eigenvalue weighted by Crippen LogP contribution is -2.60. The predicted molar refractivity (Wildman–Crippen MR) is 164 cm³/mol. The summed E-state index contributed by atoms with van der Waals surface area (Å²) in [7, 11) is 0. The molecule has 11 nitrogen and oxygen atoms in total. The highest BCUT2D eigenvalue weighted by molar-refractivity contribution is 5.80. The fourth-order valence-corrected chi connectivity index (χ4v) is 5.14. The van der Waals surface area contributed by atoms with Crippen LogP contribution in [0.4, 0.5) is 0 Å². The third-order valence-electron chi connectivity index (χ3n) is 8.08. The van der Waals surface area contributed by atoms with Crippen LogP contribution in [0.2, 0.25) is 0 Å². The van der Waals surface area contributed by atoms with Gasteiger partial charge in [0, 0.05) is 0 Å². The number of carbonyl (C=O) groups excluding carboxylic acids is 1. The quantitative estimate of drug-likeness (QED) is 0.0556. The molecule has 9 unspecified atom stereocenters. The highest BCUT2D eigenvalue weighted by atomic mass is 16.7. The van der Waals surface area contributed by atoms with E-state index >= 15 is 0 Å². The molecule has 1 saturated heterocycles. The van der Waals surface area contributed by atoms with Crippen molar-refractivity contribution in [3.05, 3.63) is 12.2 Å². The molecule has 0 aromatic rings. The molecule has 9 atom stereocenters. The number of amides is 1. The Labute approximate surface area is 258 Å². The minimum atomic E-state index is -1.66. The van der Waals surface area contributed by atoms with Crippen molar-refractivity contribution in [1.29, 1.82) is 0 Å². The Kier molecular flexibility index (Phi) is 22.4. The lowest BCUT2D eigenvalue weighted by atomic mass is 9.98. The molecule has 43 heavy (non-hydrogen) atoms. The van der Waals surface area contributed by atoms with Crippen LogP contribution in [0.1, 0.15) is 117 Å². The van der Waals surface area contributed by atoms with Crippen molar-refractivity contribution >= 4 is 5.91 Å². The molecule has 0 spiro atoms. The van der Waals surface area contributed by atoms with E-state index in [0.29, 0.717) is 19.3 Å². The summed E-state index contributed by atoms with van der Waals surface area (Å²) in [6.07, 6.45) is 7.60. The zero-order valence-electron chi connectivity index (χ0n) is 26.4. The number of nitrogens with one attached hydrogen (secondary N) is 1. The van der Waals surface area contributed by atoms with Gasteiger partial charge in [-0.2, -0.15) is 0 Å². The molecule has 0 radical (unpaired) electrons. The molecule has 0 saturated carbocycles. The van der Waals surface area contributed by atoms with Gasteiger partial charge in [0.1, 0.15) is 36.6 Å². The van der Waals surface area contributed by atoms with E-state index in [4.69, 9.17) is 9.47 Å². The van der Waals surface area contributed by atoms with Gasteiger partial charge in [-0.3, -0.25) is 4.79 Å². The average molecular weight is 620 g/mol. The number of allylic oxidation sites excluding steroid dienone is 2. The van der Waals surface area contributed by atoms with Gasteiger partial charge in [-0.1, -0.05) is 96.6 Å². The summed E-state index contributed by atoms with van der Waals surface area (Å²) < 4.78 is 10.9. The third-order valence-corrected chi connectivity index (χ3v) is 8.08. The largest absolute Gasteiger partial charge is 0.394 e. The van der Waals surface area contributed by atoms with Gasteiger partial charge in [0.2, 0.25) is 5.91 Å². The number of carbonyl (C=O) groups is 1. The van der Waals surface area contributed by atoms with E-state index in [9.17, 15) is 40.5 Å². The van der Waals surface area contributed by atoms with E-state index in [1.807, 2.05) is 12.2 Å². The Hall–Kier alpha value is -1.15. The number of aliphatic hydroxyl groups excluding tert-OH is 7. The van der Waals surface area contributed by atoms with Crippen molar-refractivity contribution in [3.8, 4) is 0 Å². The van der Waals surface area contributed by atoms with Crippen molar-refractivity contribution < 1.29 is 50.0 Å². The summed E-state index contributed by atoms with van der Waals surface area (Å²) in [5.74, 6) is -0.739. The first-order chi connectivity index (χ1) is 20.7. The first-order valence-electron chi connectivity index (χ1n) is 16.6. The van der Waals surface area contributed by atoms with E-state index in [2.05, 4.69) is 19.2 Å². The van der Waals surface area contributed by atoms with Crippen LogP contribution >= 0.6 is 0 Å². The van der Waals surface area contributed by atoms with Gasteiger partial charge in [0.15, 0.2) is 6.29 Å². The molecule has 1 rings (SSSR count). The van der Waals surface area contributed by atoms with Crippen molar-refractivity contribution in [1.82, 2.24) is 5.32 Å². The second kappa shape index (κ2) is 24.1. The van der Waals surface area contributed by atoms with Crippen LogP contribution in [-0.2, 0) is 14.3 Å². The number of rotatable bonds is 25. The van der Waals surface area contributed by atoms with Crippen LogP contribution in [-0.4, -0.2) is 110 Å². The Morgan fingerprint density at radius 3 is 2.00 bits per heavy atom. The number of ether oxygens (including phenoxy) is 2. The van der Waals surface area contributed by atoms with Crippen LogP contribution in [0.5, 0.6) is 0 Å². The highest BCUT2D eigenvalue weighted by Gasteiger charge is 2.44. The molecule has 0 aromatic heterocycles. The first-order valence-corrected chi connectivity index (χ1v) is 16.6. The summed E-state index contributed by atoms with van der Waals surface area (Å²) in [5, 5.41) is 74.5. The summed E-state index contributed by atoms with van der Waals surface area (Å²) in [6.45, 7) is 3.26. The SMILES string of the molecule is CCCCCC/C=C\CCC(O)C(=O)NC(COC1OC(CO)C(O)C(O)C1O)C(O)C(O)CCCCCCCCCC. The molecule has 11 heteroatoms. The van der Waals surface area contributed by atoms with Gasteiger partial charge in [0.25, 0.3) is 0 Å². The van der Waals surface area contributed by atoms with E-state index in [0.717, 1.165) is 32.1 Å². The van der Waals surface area contributed by atoms with E-state index in [1.54, 1.807) is 0 Å². The maximum Gasteiger partial charge on any atom is 0.249 e.